The highest BCUT2D eigenvalue weighted by Gasteiger charge is 2.24. The van der Waals surface area contributed by atoms with Crippen molar-refractivity contribution in [2.45, 2.75) is 84.6 Å². The van der Waals surface area contributed by atoms with Crippen molar-refractivity contribution in [1.29, 1.82) is 0 Å². The van der Waals surface area contributed by atoms with Gasteiger partial charge in [-0.3, -0.25) is 0 Å². The second-order valence-electron chi connectivity index (χ2n) is 9.36. The Bertz CT molecular complexity index is 545. The van der Waals surface area contributed by atoms with Crippen molar-refractivity contribution in [3.05, 3.63) is 23.9 Å². The number of pyridine rings is 1. The Hall–Kier alpha value is -1.09. The lowest BCUT2D eigenvalue weighted by Gasteiger charge is -2.37. The summed E-state index contributed by atoms with van der Waals surface area (Å²) >= 11 is 0. The standard InChI is InChI=1S/C24H41N3/c1-5-20(4)23-10-11-24(25-17-23)26-15-12-21(13-16-26)8-9-22-7-6-14-27(18-22)19(2)3/h10-11,17,19-22H,5-9,12-16,18H2,1-4H3. The van der Waals surface area contributed by atoms with Gasteiger partial charge >= 0.3 is 0 Å². The fourth-order valence-corrected chi connectivity index (χ4v) is 4.84. The van der Waals surface area contributed by atoms with Crippen molar-refractivity contribution in [1.82, 2.24) is 9.88 Å². The lowest BCUT2D eigenvalue weighted by atomic mass is 9.85. The van der Waals surface area contributed by atoms with Gasteiger partial charge in [-0.25, -0.2) is 4.98 Å². The first-order valence-electron chi connectivity index (χ1n) is 11.5. The number of likely N-dealkylation sites (tertiary alicyclic amines) is 1. The number of nitrogens with zero attached hydrogens (tertiary/aromatic N) is 3. The first-order chi connectivity index (χ1) is 13.1. The molecule has 2 unspecified atom stereocenters. The van der Waals surface area contributed by atoms with Crippen LogP contribution in [0.4, 0.5) is 5.82 Å². The van der Waals surface area contributed by atoms with Gasteiger partial charge in [-0.15, -0.1) is 0 Å². The van der Waals surface area contributed by atoms with Crippen molar-refractivity contribution in [2.75, 3.05) is 31.1 Å². The molecule has 0 spiro atoms. The second kappa shape index (κ2) is 9.91. The predicted molar refractivity (Wildman–Crippen MR) is 117 cm³/mol. The highest BCUT2D eigenvalue weighted by atomic mass is 15.2. The van der Waals surface area contributed by atoms with E-state index in [1.165, 1.54) is 82.5 Å². The largest absolute Gasteiger partial charge is 0.357 e. The maximum Gasteiger partial charge on any atom is 0.128 e. The molecule has 0 aromatic carbocycles. The van der Waals surface area contributed by atoms with Gasteiger partial charge < -0.3 is 9.80 Å². The van der Waals surface area contributed by atoms with Crippen molar-refractivity contribution < 1.29 is 0 Å². The molecule has 0 saturated carbocycles. The number of rotatable bonds is 7. The number of aromatic nitrogens is 1. The van der Waals surface area contributed by atoms with Crippen LogP contribution in [0.25, 0.3) is 0 Å². The molecule has 0 aliphatic carbocycles. The number of hydrogen-bond donors (Lipinski definition) is 0. The fraction of sp³-hybridized carbons (Fsp3) is 0.792. The zero-order valence-corrected chi connectivity index (χ0v) is 18.2. The molecule has 3 nitrogen and oxygen atoms in total. The molecular weight excluding hydrogens is 330 g/mol. The van der Waals surface area contributed by atoms with E-state index in [1.54, 1.807) is 0 Å². The van der Waals surface area contributed by atoms with Gasteiger partial charge in [-0.2, -0.15) is 0 Å². The number of hydrogen-bond acceptors (Lipinski definition) is 3. The van der Waals surface area contributed by atoms with E-state index >= 15 is 0 Å². The maximum atomic E-state index is 4.76. The summed E-state index contributed by atoms with van der Waals surface area (Å²) in [5, 5.41) is 0. The minimum atomic E-state index is 0.615. The normalized spacial score (nSPS) is 23.7. The molecule has 3 heterocycles. The summed E-state index contributed by atoms with van der Waals surface area (Å²) in [6.07, 6.45) is 11.7. The van der Waals surface area contributed by atoms with Crippen LogP contribution < -0.4 is 4.90 Å². The lowest BCUT2D eigenvalue weighted by Crippen LogP contribution is -2.40. The molecule has 0 amide bonds. The Morgan fingerprint density at radius 2 is 1.74 bits per heavy atom. The third kappa shape index (κ3) is 5.70. The molecule has 0 N–H and O–H groups in total. The van der Waals surface area contributed by atoms with Crippen molar-refractivity contribution >= 4 is 5.82 Å². The monoisotopic (exact) mass is 371 g/mol. The first kappa shape index (κ1) is 20.6. The zero-order chi connectivity index (χ0) is 19.2. The molecule has 2 aliphatic heterocycles. The average molecular weight is 372 g/mol. The molecule has 3 heteroatoms. The van der Waals surface area contributed by atoms with E-state index in [0.29, 0.717) is 5.92 Å². The molecule has 2 saturated heterocycles. The highest BCUT2D eigenvalue weighted by molar-refractivity contribution is 5.40. The van der Waals surface area contributed by atoms with Crippen molar-refractivity contribution in [3.8, 4) is 0 Å². The molecule has 3 rings (SSSR count). The van der Waals surface area contributed by atoms with Gasteiger partial charge in [0, 0.05) is 31.9 Å². The van der Waals surface area contributed by atoms with Gasteiger partial charge in [0.15, 0.2) is 0 Å². The second-order valence-corrected chi connectivity index (χ2v) is 9.36. The van der Waals surface area contributed by atoms with Crippen molar-refractivity contribution in [2.24, 2.45) is 11.8 Å². The molecule has 2 fully saturated rings. The smallest absolute Gasteiger partial charge is 0.128 e. The van der Waals surface area contributed by atoms with Gasteiger partial charge in [0.2, 0.25) is 0 Å². The minimum absolute atomic E-state index is 0.615. The van der Waals surface area contributed by atoms with E-state index in [1.807, 2.05) is 0 Å². The summed E-state index contributed by atoms with van der Waals surface area (Å²) in [6.45, 7) is 14.2. The molecule has 0 bridgehead atoms. The zero-order valence-electron chi connectivity index (χ0n) is 18.2. The van der Waals surface area contributed by atoms with Gasteiger partial charge in [0.25, 0.3) is 0 Å². The number of piperidine rings is 2. The quantitative estimate of drug-likeness (QED) is 0.612. The van der Waals surface area contributed by atoms with Crippen LogP contribution in [0.1, 0.15) is 84.1 Å². The van der Waals surface area contributed by atoms with E-state index in [4.69, 9.17) is 4.98 Å². The Morgan fingerprint density at radius 1 is 1.00 bits per heavy atom. The van der Waals surface area contributed by atoms with E-state index < -0.39 is 0 Å². The molecule has 2 atom stereocenters. The van der Waals surface area contributed by atoms with Crippen LogP contribution in [-0.4, -0.2) is 42.1 Å². The van der Waals surface area contributed by atoms with Crippen LogP contribution in [-0.2, 0) is 0 Å². The van der Waals surface area contributed by atoms with E-state index in [2.05, 4.69) is 55.8 Å². The predicted octanol–water partition coefficient (Wildman–Crippen LogP) is 5.71. The summed E-state index contributed by atoms with van der Waals surface area (Å²) in [7, 11) is 0. The van der Waals surface area contributed by atoms with E-state index in [-0.39, 0.29) is 0 Å². The topological polar surface area (TPSA) is 19.4 Å². The first-order valence-corrected chi connectivity index (χ1v) is 11.5. The lowest BCUT2D eigenvalue weighted by molar-refractivity contribution is 0.130. The van der Waals surface area contributed by atoms with Crippen LogP contribution in [0.3, 0.4) is 0 Å². The summed E-state index contributed by atoms with van der Waals surface area (Å²) in [5.74, 6) is 3.66. The summed E-state index contributed by atoms with van der Waals surface area (Å²) in [4.78, 5) is 9.95. The van der Waals surface area contributed by atoms with Gasteiger partial charge in [0.05, 0.1) is 0 Å². The van der Waals surface area contributed by atoms with Crippen molar-refractivity contribution in [3.63, 3.8) is 0 Å². The average Bonchev–Trinajstić information content (AvgIpc) is 2.72. The molecule has 152 valence electrons. The van der Waals surface area contributed by atoms with Gasteiger partial charge in [-0.1, -0.05) is 26.3 Å². The molecule has 0 radical (unpaired) electrons. The Labute approximate surface area is 167 Å². The molecular formula is C24H41N3. The number of anilines is 1. The fourth-order valence-electron chi connectivity index (χ4n) is 4.84. The molecule has 2 aliphatic rings. The molecule has 27 heavy (non-hydrogen) atoms. The summed E-state index contributed by atoms with van der Waals surface area (Å²) < 4.78 is 0. The van der Waals surface area contributed by atoms with E-state index in [0.717, 1.165) is 17.9 Å². The van der Waals surface area contributed by atoms with Crippen LogP contribution in [0.5, 0.6) is 0 Å². The maximum absolute atomic E-state index is 4.76. The minimum Gasteiger partial charge on any atom is -0.357 e. The third-order valence-electron chi connectivity index (χ3n) is 7.15. The third-order valence-corrected chi connectivity index (χ3v) is 7.15. The molecule has 1 aromatic rings. The van der Waals surface area contributed by atoms with Crippen LogP contribution >= 0.6 is 0 Å². The van der Waals surface area contributed by atoms with Crippen LogP contribution in [0.15, 0.2) is 18.3 Å². The van der Waals surface area contributed by atoms with Gasteiger partial charge in [-0.05, 0) is 88.3 Å². The van der Waals surface area contributed by atoms with E-state index in [9.17, 15) is 0 Å². The Balaban J connectivity index is 1.41. The SMILES string of the molecule is CCC(C)c1ccc(N2CCC(CCC3CCCN(C(C)C)C3)CC2)nc1. The van der Waals surface area contributed by atoms with Crippen LogP contribution in [0, 0.1) is 11.8 Å². The van der Waals surface area contributed by atoms with Crippen LogP contribution in [0.2, 0.25) is 0 Å². The molecule has 1 aromatic heterocycles. The van der Waals surface area contributed by atoms with Gasteiger partial charge in [0.1, 0.15) is 5.82 Å². The Kier molecular flexibility index (Phi) is 7.57. The highest BCUT2D eigenvalue weighted by Crippen LogP contribution is 2.30. The Morgan fingerprint density at radius 3 is 2.37 bits per heavy atom. The summed E-state index contributed by atoms with van der Waals surface area (Å²) in [6, 6.07) is 5.24. The summed E-state index contributed by atoms with van der Waals surface area (Å²) in [5.41, 5.74) is 1.37.